The third-order valence-electron chi connectivity index (χ3n) is 2.72. The van der Waals surface area contributed by atoms with Gasteiger partial charge in [-0.3, -0.25) is 0 Å². The van der Waals surface area contributed by atoms with Crippen LogP contribution in [0.15, 0.2) is 42.6 Å². The lowest BCUT2D eigenvalue weighted by atomic mass is 10.3. The highest BCUT2D eigenvalue weighted by Crippen LogP contribution is 2.18. The van der Waals surface area contributed by atoms with Gasteiger partial charge in [-0.05, 0) is 44.2 Å². The van der Waals surface area contributed by atoms with Crippen molar-refractivity contribution in [1.82, 2.24) is 4.98 Å². The Bertz CT molecular complexity index is 460. The maximum atomic E-state index is 5.71. The molecule has 0 saturated carbocycles. The van der Waals surface area contributed by atoms with Crippen molar-refractivity contribution >= 4 is 5.82 Å². The molecule has 4 nitrogen and oxygen atoms in total. The van der Waals surface area contributed by atoms with Crippen LogP contribution in [0.4, 0.5) is 5.82 Å². The smallest absolute Gasteiger partial charge is 0.125 e. The molecule has 0 aliphatic rings. The van der Waals surface area contributed by atoms with Crippen molar-refractivity contribution < 1.29 is 9.47 Å². The second-order valence-corrected chi connectivity index (χ2v) is 4.28. The second-order valence-electron chi connectivity index (χ2n) is 4.28. The van der Waals surface area contributed by atoms with Crippen molar-refractivity contribution in [2.75, 3.05) is 18.5 Å². The Hall–Kier alpha value is -2.23. The van der Waals surface area contributed by atoms with E-state index in [0.29, 0.717) is 13.2 Å². The molecule has 0 aliphatic carbocycles. The molecule has 0 bridgehead atoms. The van der Waals surface area contributed by atoms with Gasteiger partial charge in [0, 0.05) is 18.3 Å². The third kappa shape index (κ3) is 4.16. The van der Waals surface area contributed by atoms with E-state index < -0.39 is 0 Å². The highest BCUT2D eigenvalue weighted by Gasteiger charge is 1.99. The molecule has 1 heterocycles. The van der Waals surface area contributed by atoms with E-state index in [-0.39, 0.29) is 0 Å². The molecule has 4 heteroatoms. The molecule has 0 aliphatic heterocycles. The van der Waals surface area contributed by atoms with Crippen molar-refractivity contribution in [3.05, 3.63) is 48.2 Å². The third-order valence-corrected chi connectivity index (χ3v) is 2.72. The normalized spacial score (nSPS) is 10.1. The fraction of sp³-hybridized carbons (Fsp3) is 0.312. The lowest BCUT2D eigenvalue weighted by molar-refractivity contribution is 0.303. The molecule has 106 valence electrons. The summed E-state index contributed by atoms with van der Waals surface area (Å²) in [5.74, 6) is 2.57. The molecule has 0 atom stereocenters. The minimum atomic E-state index is 0.507. The number of aromatic nitrogens is 1. The summed E-state index contributed by atoms with van der Waals surface area (Å²) in [6, 6.07) is 11.6. The fourth-order valence-electron chi connectivity index (χ4n) is 1.76. The van der Waals surface area contributed by atoms with E-state index in [4.69, 9.17) is 9.47 Å². The average molecular weight is 272 g/mol. The maximum absolute atomic E-state index is 5.71. The SMILES string of the molecule is CCNc1ccc(COc2ccc(OCC)cc2)cn1. The van der Waals surface area contributed by atoms with Gasteiger partial charge >= 0.3 is 0 Å². The number of hydrogen-bond donors (Lipinski definition) is 1. The minimum absolute atomic E-state index is 0.507. The number of nitrogens with zero attached hydrogens (tertiary/aromatic N) is 1. The molecule has 0 fully saturated rings. The zero-order valence-electron chi connectivity index (χ0n) is 11.9. The molecule has 20 heavy (non-hydrogen) atoms. The van der Waals surface area contributed by atoms with Gasteiger partial charge < -0.3 is 14.8 Å². The standard InChI is InChI=1S/C16H20N2O2/c1-3-17-16-10-5-13(11-18-16)12-20-15-8-6-14(7-9-15)19-4-2/h5-11H,3-4,12H2,1-2H3,(H,17,18). The Morgan fingerprint density at radius 3 is 2.20 bits per heavy atom. The van der Waals surface area contributed by atoms with Crippen LogP contribution < -0.4 is 14.8 Å². The fourth-order valence-corrected chi connectivity index (χ4v) is 1.76. The van der Waals surface area contributed by atoms with E-state index in [1.807, 2.05) is 56.4 Å². The largest absolute Gasteiger partial charge is 0.494 e. The summed E-state index contributed by atoms with van der Waals surface area (Å²) in [5, 5.41) is 3.16. The van der Waals surface area contributed by atoms with Crippen LogP contribution in [0, 0.1) is 0 Å². The molecule has 1 aromatic carbocycles. The molecule has 0 unspecified atom stereocenters. The first kappa shape index (κ1) is 14.2. The van der Waals surface area contributed by atoms with Crippen molar-refractivity contribution in [3.63, 3.8) is 0 Å². The minimum Gasteiger partial charge on any atom is -0.494 e. The van der Waals surface area contributed by atoms with Gasteiger partial charge in [-0.2, -0.15) is 0 Å². The molecular weight excluding hydrogens is 252 g/mol. The highest BCUT2D eigenvalue weighted by molar-refractivity contribution is 5.35. The van der Waals surface area contributed by atoms with Crippen LogP contribution in [0.5, 0.6) is 11.5 Å². The molecule has 0 radical (unpaired) electrons. The first-order chi connectivity index (χ1) is 9.81. The zero-order valence-corrected chi connectivity index (χ0v) is 11.9. The number of nitrogens with one attached hydrogen (secondary N) is 1. The Kier molecular flexibility index (Phi) is 5.24. The van der Waals surface area contributed by atoms with Crippen LogP contribution in [-0.4, -0.2) is 18.1 Å². The van der Waals surface area contributed by atoms with E-state index in [2.05, 4.69) is 10.3 Å². The van der Waals surface area contributed by atoms with Crippen LogP contribution in [0.3, 0.4) is 0 Å². The Balaban J connectivity index is 1.87. The van der Waals surface area contributed by atoms with Crippen molar-refractivity contribution in [2.45, 2.75) is 20.5 Å². The summed E-state index contributed by atoms with van der Waals surface area (Å²) in [4.78, 5) is 4.31. The Morgan fingerprint density at radius 1 is 0.950 bits per heavy atom. The summed E-state index contributed by atoms with van der Waals surface area (Å²) >= 11 is 0. The highest BCUT2D eigenvalue weighted by atomic mass is 16.5. The molecule has 1 N–H and O–H groups in total. The predicted molar refractivity (Wildman–Crippen MR) is 80.3 cm³/mol. The molecule has 2 aromatic rings. The molecule has 2 rings (SSSR count). The molecule has 1 aromatic heterocycles. The van der Waals surface area contributed by atoms with Gasteiger partial charge in [-0.1, -0.05) is 6.07 Å². The second kappa shape index (κ2) is 7.38. The molecule has 0 saturated heterocycles. The monoisotopic (exact) mass is 272 g/mol. The predicted octanol–water partition coefficient (Wildman–Crippen LogP) is 3.49. The van der Waals surface area contributed by atoms with Crippen LogP contribution in [0.1, 0.15) is 19.4 Å². The summed E-state index contributed by atoms with van der Waals surface area (Å²) in [5.41, 5.74) is 1.04. The summed E-state index contributed by atoms with van der Waals surface area (Å²) in [7, 11) is 0. The Morgan fingerprint density at radius 2 is 1.65 bits per heavy atom. The van der Waals surface area contributed by atoms with Gasteiger partial charge in [0.1, 0.15) is 23.9 Å². The van der Waals surface area contributed by atoms with Crippen LogP contribution in [-0.2, 0) is 6.61 Å². The van der Waals surface area contributed by atoms with Gasteiger partial charge in [0.15, 0.2) is 0 Å². The summed E-state index contributed by atoms with van der Waals surface area (Å²) in [6.07, 6.45) is 1.83. The van der Waals surface area contributed by atoms with Gasteiger partial charge in [0.25, 0.3) is 0 Å². The average Bonchev–Trinajstić information content (AvgIpc) is 2.49. The first-order valence-corrected chi connectivity index (χ1v) is 6.86. The topological polar surface area (TPSA) is 43.4 Å². The molecule has 0 amide bonds. The van der Waals surface area contributed by atoms with Crippen LogP contribution in [0.25, 0.3) is 0 Å². The van der Waals surface area contributed by atoms with Gasteiger partial charge in [-0.25, -0.2) is 4.98 Å². The van der Waals surface area contributed by atoms with E-state index in [9.17, 15) is 0 Å². The Labute approximate surface area is 119 Å². The lowest BCUT2D eigenvalue weighted by Gasteiger charge is -2.08. The van der Waals surface area contributed by atoms with Crippen molar-refractivity contribution in [1.29, 1.82) is 0 Å². The molecule has 0 spiro atoms. The van der Waals surface area contributed by atoms with Crippen molar-refractivity contribution in [3.8, 4) is 11.5 Å². The van der Waals surface area contributed by atoms with Gasteiger partial charge in [-0.15, -0.1) is 0 Å². The number of hydrogen-bond acceptors (Lipinski definition) is 4. The van der Waals surface area contributed by atoms with Crippen LogP contribution in [0.2, 0.25) is 0 Å². The summed E-state index contributed by atoms with van der Waals surface area (Å²) < 4.78 is 11.1. The zero-order chi connectivity index (χ0) is 14.2. The summed E-state index contributed by atoms with van der Waals surface area (Å²) in [6.45, 7) is 6.06. The van der Waals surface area contributed by atoms with Gasteiger partial charge in [0.2, 0.25) is 0 Å². The lowest BCUT2D eigenvalue weighted by Crippen LogP contribution is -2.01. The molecular formula is C16H20N2O2. The van der Waals surface area contributed by atoms with E-state index in [1.165, 1.54) is 0 Å². The maximum Gasteiger partial charge on any atom is 0.125 e. The quantitative estimate of drug-likeness (QED) is 0.838. The van der Waals surface area contributed by atoms with E-state index in [0.717, 1.165) is 29.4 Å². The van der Waals surface area contributed by atoms with E-state index in [1.54, 1.807) is 0 Å². The number of benzene rings is 1. The number of ether oxygens (including phenoxy) is 2. The number of pyridine rings is 1. The van der Waals surface area contributed by atoms with Crippen molar-refractivity contribution in [2.24, 2.45) is 0 Å². The van der Waals surface area contributed by atoms with Gasteiger partial charge in [0.05, 0.1) is 6.61 Å². The van der Waals surface area contributed by atoms with E-state index >= 15 is 0 Å². The first-order valence-electron chi connectivity index (χ1n) is 6.86. The number of rotatable bonds is 7. The number of anilines is 1. The van der Waals surface area contributed by atoms with Crippen LogP contribution >= 0.6 is 0 Å².